The number of methoxy groups -OCH3 is 1. The highest BCUT2D eigenvalue weighted by molar-refractivity contribution is 6.33. The van der Waals surface area contributed by atoms with Gasteiger partial charge in [0.2, 0.25) is 5.88 Å². The van der Waals surface area contributed by atoms with Crippen LogP contribution in [0.2, 0.25) is 5.02 Å². The Morgan fingerprint density at radius 2 is 2.00 bits per heavy atom. The molecule has 2 nitrogen and oxygen atoms in total. The molecule has 3 heteroatoms. The minimum atomic E-state index is 0.326. The maximum Gasteiger partial charge on any atom is 0.213 e. The first-order valence-electron chi connectivity index (χ1n) is 8.23. The Morgan fingerprint density at radius 1 is 1.22 bits per heavy atom. The molecule has 1 aromatic heterocycles. The van der Waals surface area contributed by atoms with E-state index in [-0.39, 0.29) is 0 Å². The molecule has 1 fully saturated rings. The van der Waals surface area contributed by atoms with Crippen molar-refractivity contribution in [3.8, 4) is 17.0 Å². The standard InChI is InChI=1S/C20H24ClNO/c1-13-7-8-14(16-11-19(23-4)22-12-18(16)21)15(10-13)17-6-5-9-20(17,2)3/h7-8,10-12,17H,5-6,9H2,1-4H3. The van der Waals surface area contributed by atoms with Crippen molar-refractivity contribution in [2.45, 2.75) is 46.0 Å². The molecule has 0 spiro atoms. The highest BCUT2D eigenvalue weighted by Gasteiger charge is 2.36. The molecule has 2 aromatic rings. The third kappa shape index (κ3) is 3.10. The van der Waals surface area contributed by atoms with Crippen LogP contribution in [0.25, 0.3) is 11.1 Å². The number of halogens is 1. The van der Waals surface area contributed by atoms with Crippen LogP contribution in [-0.2, 0) is 0 Å². The van der Waals surface area contributed by atoms with Crippen molar-refractivity contribution in [1.29, 1.82) is 0 Å². The van der Waals surface area contributed by atoms with Gasteiger partial charge in [-0.05, 0) is 42.2 Å². The molecular weight excluding hydrogens is 306 g/mol. The molecule has 0 aliphatic heterocycles. The van der Waals surface area contributed by atoms with Gasteiger partial charge in [0.25, 0.3) is 0 Å². The molecule has 0 radical (unpaired) electrons. The third-order valence-corrected chi connectivity index (χ3v) is 5.47. The summed E-state index contributed by atoms with van der Waals surface area (Å²) in [6.45, 7) is 6.92. The van der Waals surface area contributed by atoms with Crippen molar-refractivity contribution in [3.63, 3.8) is 0 Å². The maximum atomic E-state index is 6.46. The lowest BCUT2D eigenvalue weighted by atomic mass is 9.75. The summed E-state index contributed by atoms with van der Waals surface area (Å²) in [5.41, 5.74) is 5.25. The van der Waals surface area contributed by atoms with Crippen LogP contribution in [0.15, 0.2) is 30.5 Å². The monoisotopic (exact) mass is 329 g/mol. The second-order valence-electron chi connectivity index (χ2n) is 7.23. The van der Waals surface area contributed by atoms with Gasteiger partial charge in [-0.15, -0.1) is 0 Å². The summed E-state index contributed by atoms with van der Waals surface area (Å²) >= 11 is 6.46. The Kier molecular flexibility index (Phi) is 4.37. The molecule has 1 unspecified atom stereocenters. The Bertz CT molecular complexity index is 724. The minimum absolute atomic E-state index is 0.326. The highest BCUT2D eigenvalue weighted by Crippen LogP contribution is 2.51. The quantitative estimate of drug-likeness (QED) is 0.687. The van der Waals surface area contributed by atoms with Crippen molar-refractivity contribution in [3.05, 3.63) is 46.6 Å². The zero-order valence-corrected chi connectivity index (χ0v) is 15.1. The Labute approximate surface area is 143 Å². The first-order valence-corrected chi connectivity index (χ1v) is 8.60. The first-order chi connectivity index (χ1) is 10.9. The van der Waals surface area contributed by atoms with Crippen LogP contribution < -0.4 is 4.74 Å². The van der Waals surface area contributed by atoms with Crippen LogP contribution in [-0.4, -0.2) is 12.1 Å². The van der Waals surface area contributed by atoms with E-state index in [1.807, 2.05) is 6.07 Å². The molecule has 1 heterocycles. The normalized spacial score (nSPS) is 19.8. The second-order valence-corrected chi connectivity index (χ2v) is 7.64. The first kappa shape index (κ1) is 16.3. The number of aromatic nitrogens is 1. The summed E-state index contributed by atoms with van der Waals surface area (Å²) in [6, 6.07) is 8.62. The molecule has 1 aromatic carbocycles. The van der Waals surface area contributed by atoms with Gasteiger partial charge in [0.15, 0.2) is 0 Å². The Hall–Kier alpha value is -1.54. The van der Waals surface area contributed by atoms with Crippen molar-refractivity contribution >= 4 is 11.6 Å². The second kappa shape index (κ2) is 6.16. The predicted molar refractivity (Wildman–Crippen MR) is 96.3 cm³/mol. The molecule has 0 N–H and O–H groups in total. The minimum Gasteiger partial charge on any atom is -0.481 e. The molecular formula is C20H24ClNO. The maximum absolute atomic E-state index is 6.46. The van der Waals surface area contributed by atoms with E-state index in [0.717, 1.165) is 5.56 Å². The number of pyridine rings is 1. The van der Waals surface area contributed by atoms with Crippen LogP contribution in [0.1, 0.15) is 50.2 Å². The fourth-order valence-corrected chi connectivity index (χ4v) is 4.06. The van der Waals surface area contributed by atoms with Gasteiger partial charge in [0.1, 0.15) is 0 Å². The summed E-state index contributed by atoms with van der Waals surface area (Å²) in [7, 11) is 1.64. The molecule has 1 aliphatic carbocycles. The number of benzene rings is 1. The van der Waals surface area contributed by atoms with E-state index in [2.05, 4.69) is 44.0 Å². The number of nitrogens with zero attached hydrogens (tertiary/aromatic N) is 1. The number of aryl methyl sites for hydroxylation is 1. The summed E-state index contributed by atoms with van der Waals surface area (Å²) in [4.78, 5) is 4.20. The summed E-state index contributed by atoms with van der Waals surface area (Å²) in [6.07, 6.45) is 5.49. The molecule has 0 saturated heterocycles. The average Bonchev–Trinajstić information content (AvgIpc) is 2.87. The Balaban J connectivity index is 2.17. The SMILES string of the molecule is COc1cc(-c2ccc(C)cc2C2CCCC2(C)C)c(Cl)cn1. The van der Waals surface area contributed by atoms with Gasteiger partial charge in [-0.25, -0.2) is 4.98 Å². The highest BCUT2D eigenvalue weighted by atomic mass is 35.5. The number of hydrogen-bond acceptors (Lipinski definition) is 2. The van der Waals surface area contributed by atoms with Gasteiger partial charge in [-0.2, -0.15) is 0 Å². The average molecular weight is 330 g/mol. The summed E-state index contributed by atoms with van der Waals surface area (Å²) < 4.78 is 5.29. The van der Waals surface area contributed by atoms with Gasteiger partial charge in [0.05, 0.1) is 18.3 Å². The largest absolute Gasteiger partial charge is 0.481 e. The zero-order valence-electron chi connectivity index (χ0n) is 14.3. The van der Waals surface area contributed by atoms with E-state index >= 15 is 0 Å². The van der Waals surface area contributed by atoms with Crippen molar-refractivity contribution in [2.24, 2.45) is 5.41 Å². The van der Waals surface area contributed by atoms with Crippen molar-refractivity contribution in [2.75, 3.05) is 7.11 Å². The molecule has 0 amide bonds. The van der Waals surface area contributed by atoms with Crippen molar-refractivity contribution in [1.82, 2.24) is 4.98 Å². The number of ether oxygens (including phenoxy) is 1. The third-order valence-electron chi connectivity index (χ3n) is 5.17. The molecule has 1 saturated carbocycles. The summed E-state index contributed by atoms with van der Waals surface area (Å²) in [5.74, 6) is 1.16. The fraction of sp³-hybridized carbons (Fsp3) is 0.450. The molecule has 23 heavy (non-hydrogen) atoms. The predicted octanol–water partition coefficient (Wildman–Crippen LogP) is 6.01. The molecule has 1 aliphatic rings. The van der Waals surface area contributed by atoms with Gasteiger partial charge in [-0.3, -0.25) is 0 Å². The number of hydrogen-bond donors (Lipinski definition) is 0. The van der Waals surface area contributed by atoms with Crippen molar-refractivity contribution < 1.29 is 4.74 Å². The van der Waals surface area contributed by atoms with E-state index < -0.39 is 0 Å². The van der Waals surface area contributed by atoms with Gasteiger partial charge in [0, 0.05) is 11.6 Å². The lowest BCUT2D eigenvalue weighted by molar-refractivity contribution is 0.333. The van der Waals surface area contributed by atoms with Crippen LogP contribution in [0.5, 0.6) is 5.88 Å². The summed E-state index contributed by atoms with van der Waals surface area (Å²) in [5, 5.41) is 0.673. The smallest absolute Gasteiger partial charge is 0.213 e. The van der Waals surface area contributed by atoms with Gasteiger partial charge >= 0.3 is 0 Å². The molecule has 1 atom stereocenters. The topological polar surface area (TPSA) is 22.1 Å². The van der Waals surface area contributed by atoms with E-state index in [1.54, 1.807) is 13.3 Å². The zero-order chi connectivity index (χ0) is 16.6. The number of rotatable bonds is 3. The van der Waals surface area contributed by atoms with Gasteiger partial charge in [-0.1, -0.05) is 55.6 Å². The molecule has 122 valence electrons. The van der Waals surface area contributed by atoms with Crippen LogP contribution in [0.3, 0.4) is 0 Å². The van der Waals surface area contributed by atoms with Crippen LogP contribution >= 0.6 is 11.6 Å². The fourth-order valence-electron chi connectivity index (χ4n) is 3.86. The van der Waals surface area contributed by atoms with E-state index in [9.17, 15) is 0 Å². The van der Waals surface area contributed by atoms with Crippen LogP contribution in [0.4, 0.5) is 0 Å². The lowest BCUT2D eigenvalue weighted by Gasteiger charge is -2.29. The van der Waals surface area contributed by atoms with E-state index in [0.29, 0.717) is 22.2 Å². The van der Waals surface area contributed by atoms with Crippen LogP contribution in [0, 0.1) is 12.3 Å². The molecule has 0 bridgehead atoms. The molecule has 3 rings (SSSR count). The Morgan fingerprint density at radius 3 is 2.65 bits per heavy atom. The lowest BCUT2D eigenvalue weighted by Crippen LogP contribution is -2.16. The van der Waals surface area contributed by atoms with Gasteiger partial charge < -0.3 is 4.74 Å². The van der Waals surface area contributed by atoms with E-state index in [4.69, 9.17) is 16.3 Å². The van der Waals surface area contributed by atoms with E-state index in [1.165, 1.54) is 36.0 Å².